The van der Waals surface area contributed by atoms with Gasteiger partial charge in [-0.1, -0.05) is 42.0 Å². The van der Waals surface area contributed by atoms with Gasteiger partial charge in [0, 0.05) is 25.8 Å². The molecule has 13 nitrogen and oxygen atoms in total. The zero-order valence-electron chi connectivity index (χ0n) is 25.9. The summed E-state index contributed by atoms with van der Waals surface area (Å²) in [5, 5.41) is 15.3. The molecular weight excluding hydrogens is 614 g/mol. The van der Waals surface area contributed by atoms with Gasteiger partial charge in [0.25, 0.3) is 5.91 Å². The molecule has 0 saturated carbocycles. The van der Waals surface area contributed by atoms with Crippen molar-refractivity contribution in [2.75, 3.05) is 38.2 Å². The van der Waals surface area contributed by atoms with Crippen molar-refractivity contribution in [1.29, 1.82) is 0 Å². The number of likely N-dealkylation sites (tertiary alicyclic amines) is 1. The van der Waals surface area contributed by atoms with E-state index in [-0.39, 0.29) is 30.0 Å². The summed E-state index contributed by atoms with van der Waals surface area (Å²) < 4.78 is 39.8. The van der Waals surface area contributed by atoms with Crippen LogP contribution in [0.5, 0.6) is 5.75 Å². The number of para-hydroxylation sites is 1. The molecule has 3 atom stereocenters. The minimum Gasteiger partial charge on any atom is -0.484 e. The Bertz CT molecular complexity index is 1600. The minimum atomic E-state index is -4.20. The first-order valence-electron chi connectivity index (χ1n) is 14.8. The van der Waals surface area contributed by atoms with Crippen LogP contribution in [0, 0.1) is 20.8 Å². The van der Waals surface area contributed by atoms with Gasteiger partial charge in [-0.2, -0.15) is 4.72 Å². The van der Waals surface area contributed by atoms with Crippen LogP contribution in [0.2, 0.25) is 0 Å². The lowest BCUT2D eigenvalue weighted by Gasteiger charge is -2.25. The second kappa shape index (κ2) is 15.7. The number of aliphatic carboxylic acids is 1. The number of carbonyl (C=O) groups is 3. The molecule has 0 spiro atoms. The third kappa shape index (κ3) is 9.49. The summed E-state index contributed by atoms with van der Waals surface area (Å²) in [5.41, 5.74) is 1.84. The number of carboxylic acids is 1. The van der Waals surface area contributed by atoms with E-state index in [1.165, 1.54) is 0 Å². The molecule has 4 N–H and O–H groups in total. The second-order valence-electron chi connectivity index (χ2n) is 11.1. The molecule has 1 aliphatic rings. The lowest BCUT2D eigenvalue weighted by atomic mass is 10.1. The Morgan fingerprint density at radius 2 is 1.72 bits per heavy atom. The van der Waals surface area contributed by atoms with Crippen molar-refractivity contribution in [3.8, 4) is 5.75 Å². The van der Waals surface area contributed by atoms with Gasteiger partial charge in [-0.05, 0) is 62.6 Å². The van der Waals surface area contributed by atoms with E-state index in [4.69, 9.17) is 9.47 Å². The Kier molecular flexibility index (Phi) is 11.7. The first kappa shape index (κ1) is 34.3. The van der Waals surface area contributed by atoms with E-state index in [2.05, 4.69) is 20.3 Å². The number of hydrogen-bond acceptors (Lipinski definition) is 9. The zero-order chi connectivity index (χ0) is 33.3. The van der Waals surface area contributed by atoms with Crippen molar-refractivity contribution >= 4 is 33.6 Å². The molecule has 1 aliphatic heterocycles. The lowest BCUT2D eigenvalue weighted by Crippen LogP contribution is -2.49. The van der Waals surface area contributed by atoms with Crippen molar-refractivity contribution in [2.45, 2.75) is 50.3 Å². The molecule has 14 heteroatoms. The fraction of sp³-hybridized carbons (Fsp3) is 0.375. The number of nitrogens with one attached hydrogen (secondary N) is 3. The molecule has 2 aromatic carbocycles. The number of carbonyl (C=O) groups excluding carboxylic acids is 2. The van der Waals surface area contributed by atoms with Gasteiger partial charge in [0.15, 0.2) is 6.61 Å². The SMILES string of the molecule is Cc1cc(C)c(S(=O)(=O)N[C@@H](CNC(=O)CO[C@@H]2C[C@@H](CNc3ccccn3)N(C(=O)COc3ccccc3)C2)C(=O)O)c(C)c1. The number of nitrogens with zero attached hydrogens (tertiary/aromatic N) is 2. The molecule has 4 rings (SSSR count). The van der Waals surface area contributed by atoms with Gasteiger partial charge >= 0.3 is 5.97 Å². The maximum Gasteiger partial charge on any atom is 0.323 e. The van der Waals surface area contributed by atoms with Crippen LogP contribution in [0.4, 0.5) is 5.82 Å². The number of pyridine rings is 1. The molecule has 2 heterocycles. The second-order valence-corrected chi connectivity index (χ2v) is 12.8. The number of carboxylic acid groups (broad SMARTS) is 1. The number of hydrogen-bond donors (Lipinski definition) is 4. The smallest absolute Gasteiger partial charge is 0.323 e. The van der Waals surface area contributed by atoms with E-state index in [1.807, 2.05) is 37.3 Å². The van der Waals surface area contributed by atoms with Crippen LogP contribution < -0.4 is 20.1 Å². The number of sulfonamides is 1. The number of benzene rings is 2. The fourth-order valence-corrected chi connectivity index (χ4v) is 7.05. The lowest BCUT2D eigenvalue weighted by molar-refractivity contribution is -0.139. The van der Waals surface area contributed by atoms with Crippen LogP contribution in [0.15, 0.2) is 71.8 Å². The normalized spacial score (nSPS) is 16.9. The van der Waals surface area contributed by atoms with E-state index < -0.39 is 47.2 Å². The predicted molar refractivity (Wildman–Crippen MR) is 170 cm³/mol. The van der Waals surface area contributed by atoms with Crippen LogP contribution in [0.3, 0.4) is 0 Å². The first-order chi connectivity index (χ1) is 21.9. The van der Waals surface area contributed by atoms with Gasteiger partial charge in [0.1, 0.15) is 24.2 Å². The molecule has 0 bridgehead atoms. The van der Waals surface area contributed by atoms with Gasteiger partial charge < -0.3 is 30.1 Å². The highest BCUT2D eigenvalue weighted by molar-refractivity contribution is 7.89. The van der Waals surface area contributed by atoms with Gasteiger partial charge in [0.05, 0.1) is 17.0 Å². The van der Waals surface area contributed by atoms with Crippen molar-refractivity contribution in [3.05, 3.63) is 83.6 Å². The summed E-state index contributed by atoms with van der Waals surface area (Å²) >= 11 is 0. The summed E-state index contributed by atoms with van der Waals surface area (Å²) in [7, 11) is -4.20. The van der Waals surface area contributed by atoms with Crippen molar-refractivity contribution < 1.29 is 37.4 Å². The Morgan fingerprint density at radius 1 is 1.02 bits per heavy atom. The van der Waals surface area contributed by atoms with E-state index in [0.29, 0.717) is 35.7 Å². The number of ether oxygens (including phenoxy) is 2. The number of anilines is 1. The Hall–Kier alpha value is -4.53. The van der Waals surface area contributed by atoms with Gasteiger partial charge in [-0.25, -0.2) is 13.4 Å². The van der Waals surface area contributed by atoms with Gasteiger partial charge in [-0.3, -0.25) is 14.4 Å². The Labute approximate surface area is 268 Å². The monoisotopic (exact) mass is 653 g/mol. The Morgan fingerprint density at radius 3 is 2.37 bits per heavy atom. The number of aromatic nitrogens is 1. The maximum atomic E-state index is 13.2. The fourth-order valence-electron chi connectivity index (χ4n) is 5.40. The van der Waals surface area contributed by atoms with Crippen molar-refractivity contribution in [1.82, 2.24) is 19.9 Å². The van der Waals surface area contributed by atoms with E-state index in [1.54, 1.807) is 55.3 Å². The quantitative estimate of drug-likeness (QED) is 0.190. The summed E-state index contributed by atoms with van der Waals surface area (Å²) in [6, 6.07) is 15.9. The number of aryl methyl sites for hydroxylation is 3. The molecule has 0 radical (unpaired) electrons. The average molecular weight is 654 g/mol. The Balaban J connectivity index is 1.32. The number of rotatable bonds is 15. The zero-order valence-corrected chi connectivity index (χ0v) is 26.7. The third-order valence-electron chi connectivity index (χ3n) is 7.41. The van der Waals surface area contributed by atoms with E-state index in [9.17, 15) is 27.9 Å². The summed E-state index contributed by atoms with van der Waals surface area (Å²) in [6.07, 6.45) is 1.60. The largest absolute Gasteiger partial charge is 0.484 e. The molecule has 1 saturated heterocycles. The highest BCUT2D eigenvalue weighted by atomic mass is 32.2. The molecule has 0 aliphatic carbocycles. The predicted octanol–water partition coefficient (Wildman–Crippen LogP) is 2.03. The maximum absolute atomic E-state index is 13.2. The minimum absolute atomic E-state index is 0.000558. The van der Waals surface area contributed by atoms with E-state index >= 15 is 0 Å². The molecule has 46 heavy (non-hydrogen) atoms. The van der Waals surface area contributed by atoms with Crippen LogP contribution in [-0.4, -0.2) is 92.2 Å². The molecule has 1 fully saturated rings. The van der Waals surface area contributed by atoms with Crippen molar-refractivity contribution in [3.63, 3.8) is 0 Å². The third-order valence-corrected chi connectivity index (χ3v) is 9.18. The first-order valence-corrected chi connectivity index (χ1v) is 16.2. The average Bonchev–Trinajstić information content (AvgIpc) is 3.43. The highest BCUT2D eigenvalue weighted by Gasteiger charge is 2.36. The molecule has 3 aromatic rings. The molecule has 0 unspecified atom stereocenters. The van der Waals surface area contributed by atoms with Gasteiger partial charge in [0.2, 0.25) is 15.9 Å². The van der Waals surface area contributed by atoms with Crippen molar-refractivity contribution in [2.24, 2.45) is 0 Å². The van der Waals surface area contributed by atoms with Crippen LogP contribution in [-0.2, 0) is 29.1 Å². The van der Waals surface area contributed by atoms with Crippen LogP contribution in [0.1, 0.15) is 23.1 Å². The van der Waals surface area contributed by atoms with Crippen LogP contribution >= 0.6 is 0 Å². The topological polar surface area (TPSA) is 176 Å². The van der Waals surface area contributed by atoms with Crippen LogP contribution in [0.25, 0.3) is 0 Å². The van der Waals surface area contributed by atoms with Gasteiger partial charge in [-0.15, -0.1) is 0 Å². The standard InChI is InChI=1S/C32H39N5O8S/c1-21-13-22(2)31(23(3)14-21)46(42,43)36-27(32(40)41)17-35-29(38)19-44-26-15-24(16-34-28-11-7-8-12-33-28)37(18-26)30(39)20-45-25-9-5-4-6-10-25/h4-14,24,26-27,36H,15-20H2,1-3H3,(H,33,34)(H,35,38)(H,40,41)/t24-,26+,27-/m0/s1. The highest BCUT2D eigenvalue weighted by Crippen LogP contribution is 2.23. The summed E-state index contributed by atoms with van der Waals surface area (Å²) in [6.45, 7) is 4.62. The molecule has 1 aromatic heterocycles. The summed E-state index contributed by atoms with van der Waals surface area (Å²) in [5.74, 6) is -1.11. The number of amides is 2. The molecule has 246 valence electrons. The summed E-state index contributed by atoms with van der Waals surface area (Å²) in [4.78, 5) is 43.6. The van der Waals surface area contributed by atoms with E-state index in [0.717, 1.165) is 5.56 Å². The molecular formula is C32H39N5O8S. The molecule has 2 amide bonds.